The van der Waals surface area contributed by atoms with Crippen LogP contribution in [0.25, 0.3) is 11.5 Å². The Kier molecular flexibility index (Phi) is 5.46. The minimum absolute atomic E-state index is 0.0371. The molecule has 0 fully saturated rings. The highest BCUT2D eigenvalue weighted by Gasteiger charge is 2.13. The van der Waals surface area contributed by atoms with Gasteiger partial charge in [-0.3, -0.25) is 4.79 Å². The predicted octanol–water partition coefficient (Wildman–Crippen LogP) is 3.98. The molecule has 0 spiro atoms. The molecule has 0 aliphatic carbocycles. The lowest BCUT2D eigenvalue weighted by molar-refractivity contribution is -0.130. The number of carbonyl (C=O) groups is 1. The van der Waals surface area contributed by atoms with Gasteiger partial charge in [0.1, 0.15) is 0 Å². The molecule has 0 bridgehead atoms. The molecule has 0 aliphatic heterocycles. The maximum atomic E-state index is 12.3. The second kappa shape index (κ2) is 7.94. The van der Waals surface area contributed by atoms with E-state index >= 15 is 0 Å². The Morgan fingerprint density at radius 2 is 1.80 bits per heavy atom. The molecule has 1 aromatic heterocycles. The summed E-state index contributed by atoms with van der Waals surface area (Å²) in [7, 11) is 1.79. The van der Waals surface area contributed by atoms with Gasteiger partial charge in [-0.15, -0.1) is 10.2 Å². The van der Waals surface area contributed by atoms with Gasteiger partial charge in [-0.05, 0) is 29.8 Å². The minimum atomic E-state index is 0.0371. The minimum Gasteiger partial charge on any atom is -0.421 e. The second-order valence-corrected chi connectivity index (χ2v) is 6.18. The van der Waals surface area contributed by atoms with Crippen molar-refractivity contribution in [3.05, 3.63) is 71.1 Å². The molecule has 0 saturated heterocycles. The van der Waals surface area contributed by atoms with Gasteiger partial charge < -0.3 is 9.32 Å². The molecule has 0 N–H and O–H groups in total. The third kappa shape index (κ3) is 4.67. The first-order valence-electron chi connectivity index (χ1n) is 7.98. The van der Waals surface area contributed by atoms with Crippen molar-refractivity contribution in [1.82, 2.24) is 15.1 Å². The van der Waals surface area contributed by atoms with Crippen LogP contribution in [0.2, 0.25) is 5.02 Å². The van der Waals surface area contributed by atoms with E-state index in [0.29, 0.717) is 36.2 Å². The number of benzene rings is 2. The number of carbonyl (C=O) groups excluding carboxylic acids is 1. The average molecular weight is 356 g/mol. The number of hydrogen-bond donors (Lipinski definition) is 0. The van der Waals surface area contributed by atoms with Crippen molar-refractivity contribution in [3.8, 4) is 11.5 Å². The summed E-state index contributed by atoms with van der Waals surface area (Å²) in [5.74, 6) is 0.915. The monoisotopic (exact) mass is 355 g/mol. The summed E-state index contributed by atoms with van der Waals surface area (Å²) >= 11 is 5.87. The highest BCUT2D eigenvalue weighted by atomic mass is 35.5. The van der Waals surface area contributed by atoms with E-state index in [-0.39, 0.29) is 5.91 Å². The average Bonchev–Trinajstić information content (AvgIpc) is 3.10. The van der Waals surface area contributed by atoms with Gasteiger partial charge in [-0.25, -0.2) is 0 Å². The first kappa shape index (κ1) is 17.2. The van der Waals surface area contributed by atoms with Gasteiger partial charge in [0.05, 0.1) is 0 Å². The summed E-state index contributed by atoms with van der Waals surface area (Å²) in [5, 5.41) is 8.68. The SMILES string of the molecule is CN(Cc1ccccc1)C(=O)CCc1nnc(-c2ccc(Cl)cc2)o1. The molecule has 0 saturated carbocycles. The first-order chi connectivity index (χ1) is 12.1. The molecule has 0 unspecified atom stereocenters. The van der Waals surface area contributed by atoms with Crippen molar-refractivity contribution >= 4 is 17.5 Å². The van der Waals surface area contributed by atoms with Crippen molar-refractivity contribution < 1.29 is 9.21 Å². The van der Waals surface area contributed by atoms with E-state index in [1.165, 1.54) is 0 Å². The van der Waals surface area contributed by atoms with Crippen molar-refractivity contribution in [1.29, 1.82) is 0 Å². The van der Waals surface area contributed by atoms with Gasteiger partial charge in [0.25, 0.3) is 0 Å². The third-order valence-corrected chi connectivity index (χ3v) is 4.05. The molecular formula is C19H18ClN3O2. The molecular weight excluding hydrogens is 338 g/mol. The van der Waals surface area contributed by atoms with Gasteiger partial charge in [-0.2, -0.15) is 0 Å². The molecule has 1 amide bonds. The molecule has 25 heavy (non-hydrogen) atoms. The Morgan fingerprint density at radius 3 is 2.52 bits per heavy atom. The van der Waals surface area contributed by atoms with Crippen LogP contribution in [0.15, 0.2) is 59.0 Å². The lowest BCUT2D eigenvalue weighted by Crippen LogP contribution is -2.26. The zero-order valence-electron chi connectivity index (χ0n) is 13.9. The van der Waals surface area contributed by atoms with E-state index in [1.54, 1.807) is 24.1 Å². The van der Waals surface area contributed by atoms with E-state index in [0.717, 1.165) is 11.1 Å². The number of halogens is 1. The molecule has 0 atom stereocenters. The van der Waals surface area contributed by atoms with Crippen LogP contribution in [0.1, 0.15) is 17.9 Å². The smallest absolute Gasteiger partial charge is 0.247 e. The van der Waals surface area contributed by atoms with Gasteiger partial charge in [-0.1, -0.05) is 41.9 Å². The van der Waals surface area contributed by atoms with Gasteiger partial charge in [0.2, 0.25) is 17.7 Å². The fourth-order valence-corrected chi connectivity index (χ4v) is 2.54. The quantitative estimate of drug-likeness (QED) is 0.671. The van der Waals surface area contributed by atoms with Crippen molar-refractivity contribution in [2.75, 3.05) is 7.05 Å². The van der Waals surface area contributed by atoms with Gasteiger partial charge >= 0.3 is 0 Å². The molecule has 0 aliphatic rings. The summed E-state index contributed by atoms with van der Waals surface area (Å²) in [4.78, 5) is 14.0. The summed E-state index contributed by atoms with van der Waals surface area (Å²) in [6.45, 7) is 0.583. The Balaban J connectivity index is 1.54. The molecule has 5 nitrogen and oxygen atoms in total. The van der Waals surface area contributed by atoms with E-state index in [2.05, 4.69) is 10.2 Å². The van der Waals surface area contributed by atoms with E-state index in [1.807, 2.05) is 42.5 Å². The van der Waals surface area contributed by atoms with Gasteiger partial charge in [0, 0.05) is 37.0 Å². The molecule has 2 aromatic carbocycles. The maximum Gasteiger partial charge on any atom is 0.247 e. The number of rotatable bonds is 6. The Morgan fingerprint density at radius 1 is 1.08 bits per heavy atom. The van der Waals surface area contributed by atoms with E-state index in [9.17, 15) is 4.79 Å². The summed E-state index contributed by atoms with van der Waals surface area (Å²) < 4.78 is 5.62. The fourth-order valence-electron chi connectivity index (χ4n) is 2.41. The first-order valence-corrected chi connectivity index (χ1v) is 8.36. The molecule has 3 aromatic rings. The van der Waals surface area contributed by atoms with Crippen LogP contribution < -0.4 is 0 Å². The Bertz CT molecular complexity index is 831. The second-order valence-electron chi connectivity index (χ2n) is 5.74. The highest BCUT2D eigenvalue weighted by Crippen LogP contribution is 2.20. The van der Waals surface area contributed by atoms with Crippen LogP contribution in [0.4, 0.5) is 0 Å². The van der Waals surface area contributed by atoms with Crippen LogP contribution in [0.3, 0.4) is 0 Å². The molecule has 0 radical (unpaired) electrons. The number of nitrogens with zero attached hydrogens (tertiary/aromatic N) is 3. The van der Waals surface area contributed by atoms with Crippen LogP contribution in [0.5, 0.6) is 0 Å². The molecule has 3 rings (SSSR count). The lowest BCUT2D eigenvalue weighted by atomic mass is 10.2. The standard InChI is InChI=1S/C19H18ClN3O2/c1-23(13-14-5-3-2-4-6-14)18(24)12-11-17-21-22-19(25-17)15-7-9-16(20)10-8-15/h2-10H,11-13H2,1H3. The molecule has 6 heteroatoms. The van der Waals surface area contributed by atoms with Crippen LogP contribution in [0, 0.1) is 0 Å². The summed E-state index contributed by atoms with van der Waals surface area (Å²) in [6, 6.07) is 17.1. The Hall–Kier alpha value is -2.66. The highest BCUT2D eigenvalue weighted by molar-refractivity contribution is 6.30. The lowest BCUT2D eigenvalue weighted by Gasteiger charge is -2.16. The fraction of sp³-hybridized carbons (Fsp3) is 0.211. The van der Waals surface area contributed by atoms with Crippen molar-refractivity contribution in [2.45, 2.75) is 19.4 Å². The number of amides is 1. The van der Waals surface area contributed by atoms with E-state index < -0.39 is 0 Å². The molecule has 1 heterocycles. The van der Waals surface area contributed by atoms with Crippen molar-refractivity contribution in [2.24, 2.45) is 0 Å². The normalized spacial score (nSPS) is 10.6. The third-order valence-electron chi connectivity index (χ3n) is 3.80. The topological polar surface area (TPSA) is 59.2 Å². The Labute approximate surface area is 151 Å². The maximum absolute atomic E-state index is 12.3. The van der Waals surface area contributed by atoms with Crippen molar-refractivity contribution in [3.63, 3.8) is 0 Å². The number of aryl methyl sites for hydroxylation is 1. The van der Waals surface area contributed by atoms with Crippen LogP contribution >= 0.6 is 11.6 Å². The molecule has 128 valence electrons. The largest absolute Gasteiger partial charge is 0.421 e. The number of hydrogen-bond acceptors (Lipinski definition) is 4. The van der Waals surface area contributed by atoms with Crippen LogP contribution in [-0.4, -0.2) is 28.1 Å². The summed E-state index contributed by atoms with van der Waals surface area (Å²) in [6.07, 6.45) is 0.740. The zero-order chi connectivity index (χ0) is 17.6. The van der Waals surface area contributed by atoms with Crippen LogP contribution in [-0.2, 0) is 17.8 Å². The van der Waals surface area contributed by atoms with Gasteiger partial charge in [0.15, 0.2) is 0 Å². The van der Waals surface area contributed by atoms with E-state index in [4.69, 9.17) is 16.0 Å². The summed E-state index contributed by atoms with van der Waals surface area (Å²) in [5.41, 5.74) is 1.90. The number of aromatic nitrogens is 2. The zero-order valence-corrected chi connectivity index (χ0v) is 14.6. The predicted molar refractivity (Wildman–Crippen MR) is 96.0 cm³/mol.